The fraction of sp³-hybridized carbons (Fsp3) is 0.250. The normalized spacial score (nSPS) is 10.3. The molecule has 2 aromatic rings. The molecule has 1 aromatic carbocycles. The minimum atomic E-state index is -0.467. The van der Waals surface area contributed by atoms with Gasteiger partial charge in [0, 0.05) is 14.1 Å². The average Bonchev–Trinajstić information content (AvgIpc) is 2.81. The van der Waals surface area contributed by atoms with Crippen molar-refractivity contribution in [3.63, 3.8) is 0 Å². The van der Waals surface area contributed by atoms with Gasteiger partial charge in [-0.15, -0.1) is 0 Å². The van der Waals surface area contributed by atoms with Crippen LogP contribution in [0.5, 0.6) is 0 Å². The number of benzene rings is 1. The second-order valence-corrected chi connectivity index (χ2v) is 3.93. The molecule has 0 aliphatic heterocycles. The molecule has 1 heterocycles. The van der Waals surface area contributed by atoms with Gasteiger partial charge in [-0.3, -0.25) is 9.48 Å². The van der Waals surface area contributed by atoms with Crippen LogP contribution in [-0.2, 0) is 13.6 Å². The highest BCUT2D eigenvalue weighted by atomic mass is 19.1. The first-order valence-electron chi connectivity index (χ1n) is 5.71. The first-order valence-corrected chi connectivity index (χ1v) is 5.71. The molecule has 0 aliphatic rings. The van der Waals surface area contributed by atoms with E-state index in [9.17, 15) is 9.18 Å². The first-order chi connectivity index (χ1) is 9.11. The fourth-order valence-corrected chi connectivity index (χ4v) is 1.69. The summed E-state index contributed by atoms with van der Waals surface area (Å²) in [5.74, 6) is -0.347. The highest BCUT2D eigenvalue weighted by molar-refractivity contribution is 5.99. The van der Waals surface area contributed by atoms with E-state index in [2.05, 4.69) is 20.7 Å². The zero-order valence-electron chi connectivity index (χ0n) is 10.6. The zero-order valence-corrected chi connectivity index (χ0v) is 10.6. The van der Waals surface area contributed by atoms with Gasteiger partial charge in [-0.25, -0.2) is 9.37 Å². The van der Waals surface area contributed by atoms with Crippen LogP contribution in [-0.4, -0.2) is 27.7 Å². The van der Waals surface area contributed by atoms with Gasteiger partial charge in [-0.1, -0.05) is 6.07 Å². The van der Waals surface area contributed by atoms with E-state index >= 15 is 0 Å². The third-order valence-corrected chi connectivity index (χ3v) is 2.56. The maximum absolute atomic E-state index is 13.5. The number of hydrogen-bond acceptors (Lipinski definition) is 4. The molecule has 6 nitrogen and oxygen atoms in total. The highest BCUT2D eigenvalue weighted by Gasteiger charge is 2.14. The summed E-state index contributed by atoms with van der Waals surface area (Å²) < 4.78 is 15.1. The maximum Gasteiger partial charge on any atom is 0.253 e. The third kappa shape index (κ3) is 2.87. The Labute approximate surface area is 109 Å². The topological polar surface area (TPSA) is 71.8 Å². The monoisotopic (exact) mass is 263 g/mol. The van der Waals surface area contributed by atoms with Gasteiger partial charge in [-0.05, 0) is 12.1 Å². The minimum absolute atomic E-state index is 0.175. The van der Waals surface area contributed by atoms with E-state index in [1.54, 1.807) is 31.2 Å². The van der Waals surface area contributed by atoms with Gasteiger partial charge in [0.1, 0.15) is 12.1 Å². The Kier molecular flexibility index (Phi) is 3.74. The molecule has 0 saturated heterocycles. The van der Waals surface area contributed by atoms with Crippen LogP contribution >= 0.6 is 0 Å². The van der Waals surface area contributed by atoms with Crippen LogP contribution < -0.4 is 10.6 Å². The number of aryl methyl sites for hydroxylation is 1. The minimum Gasteiger partial charge on any atom is -0.385 e. The Balaban J connectivity index is 2.10. The Morgan fingerprint density at radius 3 is 2.89 bits per heavy atom. The van der Waals surface area contributed by atoms with Gasteiger partial charge < -0.3 is 10.6 Å². The molecule has 2 N–H and O–H groups in total. The Hall–Kier alpha value is -2.44. The molecule has 0 aliphatic carbocycles. The summed E-state index contributed by atoms with van der Waals surface area (Å²) in [5.41, 5.74) is 0.424. The lowest BCUT2D eigenvalue weighted by molar-refractivity contribution is 0.0950. The third-order valence-electron chi connectivity index (χ3n) is 2.56. The van der Waals surface area contributed by atoms with Gasteiger partial charge in [0.25, 0.3) is 5.91 Å². The van der Waals surface area contributed by atoms with Crippen molar-refractivity contribution >= 4 is 11.6 Å². The van der Waals surface area contributed by atoms with Crippen LogP contribution in [0.15, 0.2) is 24.5 Å². The number of nitrogens with one attached hydrogen (secondary N) is 2. The fourth-order valence-electron chi connectivity index (χ4n) is 1.69. The number of halogens is 1. The number of nitrogens with zero attached hydrogens (tertiary/aromatic N) is 3. The van der Waals surface area contributed by atoms with Crippen molar-refractivity contribution in [2.45, 2.75) is 6.54 Å². The molecule has 0 spiro atoms. The number of rotatable bonds is 4. The van der Waals surface area contributed by atoms with E-state index in [-0.39, 0.29) is 23.7 Å². The van der Waals surface area contributed by atoms with E-state index in [4.69, 9.17) is 0 Å². The number of para-hydroxylation sites is 1. The molecule has 0 radical (unpaired) electrons. The first kappa shape index (κ1) is 13.0. The molecule has 0 fully saturated rings. The largest absolute Gasteiger partial charge is 0.385 e. The van der Waals surface area contributed by atoms with Crippen molar-refractivity contribution in [1.82, 2.24) is 20.1 Å². The van der Waals surface area contributed by atoms with Crippen LogP contribution in [0.1, 0.15) is 16.2 Å². The molecule has 1 aromatic heterocycles. The van der Waals surface area contributed by atoms with Gasteiger partial charge in [0.15, 0.2) is 5.82 Å². The quantitative estimate of drug-likeness (QED) is 0.860. The molecular formula is C12H14FN5O. The van der Waals surface area contributed by atoms with Crippen molar-refractivity contribution in [3.05, 3.63) is 41.7 Å². The van der Waals surface area contributed by atoms with E-state index in [0.717, 1.165) is 0 Å². The van der Waals surface area contributed by atoms with Crippen molar-refractivity contribution in [2.75, 3.05) is 12.4 Å². The lowest BCUT2D eigenvalue weighted by Crippen LogP contribution is -2.24. The van der Waals surface area contributed by atoms with Crippen molar-refractivity contribution in [1.29, 1.82) is 0 Å². The average molecular weight is 263 g/mol. The molecule has 100 valence electrons. The number of anilines is 1. The van der Waals surface area contributed by atoms with Crippen molar-refractivity contribution < 1.29 is 9.18 Å². The number of hydrogen-bond donors (Lipinski definition) is 2. The molecule has 0 unspecified atom stereocenters. The van der Waals surface area contributed by atoms with E-state index in [1.807, 2.05) is 0 Å². The van der Waals surface area contributed by atoms with Crippen molar-refractivity contribution in [2.24, 2.45) is 7.05 Å². The highest BCUT2D eigenvalue weighted by Crippen LogP contribution is 2.18. The molecular weight excluding hydrogens is 249 g/mol. The van der Waals surface area contributed by atoms with Gasteiger partial charge in [-0.2, -0.15) is 5.10 Å². The second-order valence-electron chi connectivity index (χ2n) is 3.93. The molecule has 1 amide bonds. The summed E-state index contributed by atoms with van der Waals surface area (Å²) in [6.07, 6.45) is 1.54. The number of amides is 1. The van der Waals surface area contributed by atoms with Crippen LogP contribution in [0.2, 0.25) is 0 Å². The molecule has 0 saturated carbocycles. The second kappa shape index (κ2) is 5.47. The lowest BCUT2D eigenvalue weighted by Gasteiger charge is -2.09. The smallest absolute Gasteiger partial charge is 0.253 e. The van der Waals surface area contributed by atoms with E-state index in [1.165, 1.54) is 12.1 Å². The standard InChI is InChI=1S/C12H14FN5O/c1-14-11-8(4-3-5-9(11)13)12(19)15-6-10-16-7-18(2)17-10/h3-5,7,14H,6H2,1-2H3,(H,15,19). The van der Waals surface area contributed by atoms with E-state index in [0.29, 0.717) is 5.82 Å². The number of carbonyl (C=O) groups excluding carboxylic acids is 1. The van der Waals surface area contributed by atoms with Gasteiger partial charge >= 0.3 is 0 Å². The number of carbonyl (C=O) groups is 1. The Bertz CT molecular complexity index is 596. The predicted molar refractivity (Wildman–Crippen MR) is 68.1 cm³/mol. The summed E-state index contributed by atoms with van der Waals surface area (Å²) in [5, 5.41) is 9.36. The summed E-state index contributed by atoms with van der Waals surface area (Å²) in [7, 11) is 3.31. The van der Waals surface area contributed by atoms with Crippen LogP contribution in [0.3, 0.4) is 0 Å². The lowest BCUT2D eigenvalue weighted by atomic mass is 10.1. The van der Waals surface area contributed by atoms with Gasteiger partial charge in [0.2, 0.25) is 0 Å². The number of aromatic nitrogens is 3. The molecule has 0 atom stereocenters. The van der Waals surface area contributed by atoms with Crippen LogP contribution in [0.25, 0.3) is 0 Å². The summed E-state index contributed by atoms with van der Waals surface area (Å²) >= 11 is 0. The Morgan fingerprint density at radius 1 is 1.47 bits per heavy atom. The van der Waals surface area contributed by atoms with E-state index < -0.39 is 5.82 Å². The molecule has 19 heavy (non-hydrogen) atoms. The van der Waals surface area contributed by atoms with Crippen LogP contribution in [0, 0.1) is 5.82 Å². The van der Waals surface area contributed by atoms with Crippen molar-refractivity contribution in [3.8, 4) is 0 Å². The SMILES string of the molecule is CNc1c(F)cccc1C(=O)NCc1ncn(C)n1. The Morgan fingerprint density at radius 2 is 2.26 bits per heavy atom. The molecule has 2 rings (SSSR count). The zero-order chi connectivity index (χ0) is 13.8. The van der Waals surface area contributed by atoms with Crippen LogP contribution in [0.4, 0.5) is 10.1 Å². The molecule has 7 heteroatoms. The summed E-state index contributed by atoms with van der Waals surface area (Å²) in [6.45, 7) is 0.194. The van der Waals surface area contributed by atoms with Gasteiger partial charge in [0.05, 0.1) is 17.8 Å². The summed E-state index contributed by atoms with van der Waals surface area (Å²) in [6, 6.07) is 4.34. The maximum atomic E-state index is 13.5. The summed E-state index contributed by atoms with van der Waals surface area (Å²) in [4.78, 5) is 16.0. The molecule has 0 bridgehead atoms. The predicted octanol–water partition coefficient (Wildman–Crippen LogP) is 0.926.